The van der Waals surface area contributed by atoms with E-state index in [1.807, 2.05) is 6.07 Å². The first kappa shape index (κ1) is 16.4. The number of carboxylic acids is 1. The van der Waals surface area contributed by atoms with Crippen molar-refractivity contribution >= 4 is 39.3 Å². The predicted octanol–water partition coefficient (Wildman–Crippen LogP) is 3.12. The minimum Gasteiger partial charge on any atom is -0.481 e. The van der Waals surface area contributed by atoms with Crippen LogP contribution in [0.25, 0.3) is 0 Å². The van der Waals surface area contributed by atoms with E-state index < -0.39 is 11.9 Å². The molecule has 0 bridgehead atoms. The fourth-order valence-corrected chi connectivity index (χ4v) is 3.14. The molecule has 2 aromatic carbocycles. The number of ketones is 1. The third-order valence-corrected chi connectivity index (χ3v) is 4.50. The van der Waals surface area contributed by atoms with Crippen LogP contribution in [0.4, 0.5) is 5.69 Å². The van der Waals surface area contributed by atoms with Gasteiger partial charge in [-0.15, -0.1) is 0 Å². The standard InChI is InChI=1S/C18H14BrNO4/c19-13-6-7-15(20-10-12(18(23)24)8-16(20)21)14(9-13)17(22)11-4-2-1-3-5-11/h1-7,9,12H,8,10H2,(H,23,24). The molecule has 6 heteroatoms. The third kappa shape index (κ3) is 3.10. The van der Waals surface area contributed by atoms with E-state index in [0.29, 0.717) is 21.3 Å². The monoisotopic (exact) mass is 387 g/mol. The summed E-state index contributed by atoms with van der Waals surface area (Å²) in [6, 6.07) is 13.8. The SMILES string of the molecule is O=C(c1ccccc1)c1cc(Br)ccc1N1CC(C(=O)O)CC1=O. The Morgan fingerprint density at radius 3 is 2.46 bits per heavy atom. The number of halogens is 1. The van der Waals surface area contributed by atoms with Crippen molar-refractivity contribution in [2.45, 2.75) is 6.42 Å². The van der Waals surface area contributed by atoms with Gasteiger partial charge in [0.05, 0.1) is 11.6 Å². The fraction of sp³-hybridized carbons (Fsp3) is 0.167. The zero-order valence-electron chi connectivity index (χ0n) is 12.6. The van der Waals surface area contributed by atoms with Gasteiger partial charge in [-0.3, -0.25) is 14.4 Å². The van der Waals surface area contributed by atoms with Crippen molar-refractivity contribution in [2.24, 2.45) is 5.92 Å². The normalized spacial score (nSPS) is 17.1. The van der Waals surface area contributed by atoms with Crippen LogP contribution in [0.3, 0.4) is 0 Å². The minimum atomic E-state index is -1.00. The molecule has 1 atom stereocenters. The van der Waals surface area contributed by atoms with Crippen LogP contribution in [0.1, 0.15) is 22.3 Å². The molecule has 1 heterocycles. The van der Waals surface area contributed by atoms with Crippen LogP contribution in [0.15, 0.2) is 53.0 Å². The van der Waals surface area contributed by atoms with Crippen molar-refractivity contribution in [1.82, 2.24) is 0 Å². The average molecular weight is 388 g/mol. The van der Waals surface area contributed by atoms with Gasteiger partial charge in [-0.1, -0.05) is 46.3 Å². The van der Waals surface area contributed by atoms with Gasteiger partial charge >= 0.3 is 5.97 Å². The number of rotatable bonds is 4. The van der Waals surface area contributed by atoms with Gasteiger partial charge in [-0.2, -0.15) is 0 Å². The maximum atomic E-state index is 12.8. The number of carbonyl (C=O) groups excluding carboxylic acids is 2. The average Bonchev–Trinajstić information content (AvgIpc) is 2.97. The molecule has 0 aliphatic carbocycles. The van der Waals surface area contributed by atoms with E-state index in [1.165, 1.54) is 4.90 Å². The maximum Gasteiger partial charge on any atom is 0.308 e. The van der Waals surface area contributed by atoms with Crippen LogP contribution in [0.5, 0.6) is 0 Å². The van der Waals surface area contributed by atoms with E-state index in [4.69, 9.17) is 5.11 Å². The van der Waals surface area contributed by atoms with Crippen molar-refractivity contribution < 1.29 is 19.5 Å². The van der Waals surface area contributed by atoms with Crippen LogP contribution in [-0.2, 0) is 9.59 Å². The molecule has 1 fully saturated rings. The molecule has 0 radical (unpaired) electrons. The van der Waals surface area contributed by atoms with Crippen LogP contribution in [0, 0.1) is 5.92 Å². The lowest BCUT2D eigenvalue weighted by Gasteiger charge is -2.20. The molecule has 3 rings (SSSR count). The number of carbonyl (C=O) groups is 3. The van der Waals surface area contributed by atoms with Gasteiger partial charge in [0.2, 0.25) is 5.91 Å². The molecule has 1 aliphatic rings. The van der Waals surface area contributed by atoms with E-state index in [1.54, 1.807) is 42.5 Å². The third-order valence-electron chi connectivity index (χ3n) is 4.00. The van der Waals surface area contributed by atoms with E-state index in [0.717, 1.165) is 0 Å². The lowest BCUT2D eigenvalue weighted by atomic mass is 10.0. The van der Waals surface area contributed by atoms with Gasteiger partial charge in [0.25, 0.3) is 0 Å². The summed E-state index contributed by atoms with van der Waals surface area (Å²) in [6.07, 6.45) is -0.0512. The van der Waals surface area contributed by atoms with Crippen LogP contribution >= 0.6 is 15.9 Å². The molecular weight excluding hydrogens is 374 g/mol. The molecular formula is C18H14BrNO4. The number of amides is 1. The van der Waals surface area contributed by atoms with Crippen LogP contribution < -0.4 is 4.90 Å². The Bertz CT molecular complexity index is 819. The maximum absolute atomic E-state index is 12.8. The Hall–Kier alpha value is -2.47. The molecule has 1 unspecified atom stereocenters. The highest BCUT2D eigenvalue weighted by Crippen LogP contribution is 2.31. The van der Waals surface area contributed by atoms with Gasteiger partial charge in [0.1, 0.15) is 0 Å². The van der Waals surface area contributed by atoms with E-state index in [2.05, 4.69) is 15.9 Å². The van der Waals surface area contributed by atoms with Crippen molar-refractivity contribution in [3.63, 3.8) is 0 Å². The minimum absolute atomic E-state index is 0.0512. The molecule has 1 N–H and O–H groups in total. The smallest absolute Gasteiger partial charge is 0.308 e. The van der Waals surface area contributed by atoms with Crippen molar-refractivity contribution in [3.8, 4) is 0 Å². The lowest BCUT2D eigenvalue weighted by molar-refractivity contribution is -0.141. The number of aliphatic carboxylic acids is 1. The van der Waals surface area contributed by atoms with Gasteiger partial charge in [0.15, 0.2) is 5.78 Å². The Balaban J connectivity index is 2.02. The first-order valence-electron chi connectivity index (χ1n) is 7.40. The van der Waals surface area contributed by atoms with E-state index in [9.17, 15) is 14.4 Å². The molecule has 1 aliphatic heterocycles. The largest absolute Gasteiger partial charge is 0.481 e. The summed E-state index contributed by atoms with van der Waals surface area (Å²) in [5.74, 6) is -2.25. The highest BCUT2D eigenvalue weighted by atomic mass is 79.9. The first-order valence-corrected chi connectivity index (χ1v) is 8.19. The second kappa shape index (κ2) is 6.57. The molecule has 2 aromatic rings. The number of carboxylic acid groups (broad SMARTS) is 1. The zero-order chi connectivity index (χ0) is 17.3. The quantitative estimate of drug-likeness (QED) is 0.817. The number of hydrogen-bond acceptors (Lipinski definition) is 3. The second-order valence-corrected chi connectivity index (χ2v) is 6.52. The lowest BCUT2D eigenvalue weighted by Crippen LogP contribution is -2.27. The van der Waals surface area contributed by atoms with Gasteiger partial charge in [-0.05, 0) is 18.2 Å². The van der Waals surface area contributed by atoms with Crippen molar-refractivity contribution in [3.05, 3.63) is 64.1 Å². The number of nitrogens with zero attached hydrogens (tertiary/aromatic N) is 1. The number of hydrogen-bond donors (Lipinski definition) is 1. The predicted molar refractivity (Wildman–Crippen MR) is 92.1 cm³/mol. The Labute approximate surface area is 147 Å². The summed E-state index contributed by atoms with van der Waals surface area (Å²) in [5, 5.41) is 9.14. The first-order chi connectivity index (χ1) is 11.5. The summed E-state index contributed by atoms with van der Waals surface area (Å²) in [4.78, 5) is 37.6. The summed E-state index contributed by atoms with van der Waals surface area (Å²) >= 11 is 3.35. The Morgan fingerprint density at radius 1 is 1.12 bits per heavy atom. The summed E-state index contributed by atoms with van der Waals surface area (Å²) in [6.45, 7) is 0.0743. The molecule has 24 heavy (non-hydrogen) atoms. The van der Waals surface area contributed by atoms with Crippen LogP contribution in [-0.4, -0.2) is 29.3 Å². The van der Waals surface area contributed by atoms with E-state index >= 15 is 0 Å². The summed E-state index contributed by atoms with van der Waals surface area (Å²) in [5.41, 5.74) is 1.33. The molecule has 1 amide bonds. The summed E-state index contributed by atoms with van der Waals surface area (Å²) in [7, 11) is 0. The highest BCUT2D eigenvalue weighted by molar-refractivity contribution is 9.10. The zero-order valence-corrected chi connectivity index (χ0v) is 14.2. The van der Waals surface area contributed by atoms with Gasteiger partial charge < -0.3 is 10.0 Å². The van der Waals surface area contributed by atoms with Gasteiger partial charge in [-0.25, -0.2) is 0 Å². The number of anilines is 1. The second-order valence-electron chi connectivity index (χ2n) is 5.60. The molecule has 0 saturated carbocycles. The molecule has 0 aromatic heterocycles. The molecule has 1 saturated heterocycles. The Kier molecular flexibility index (Phi) is 4.49. The van der Waals surface area contributed by atoms with Crippen molar-refractivity contribution in [1.29, 1.82) is 0 Å². The topological polar surface area (TPSA) is 74.7 Å². The van der Waals surface area contributed by atoms with Crippen LogP contribution in [0.2, 0.25) is 0 Å². The highest BCUT2D eigenvalue weighted by Gasteiger charge is 2.36. The van der Waals surface area contributed by atoms with E-state index in [-0.39, 0.29) is 24.7 Å². The van der Waals surface area contributed by atoms with Crippen molar-refractivity contribution in [2.75, 3.05) is 11.4 Å². The number of benzene rings is 2. The molecule has 122 valence electrons. The molecule has 0 spiro atoms. The summed E-state index contributed by atoms with van der Waals surface area (Å²) < 4.78 is 0.715. The fourth-order valence-electron chi connectivity index (χ4n) is 2.78. The molecule has 5 nitrogen and oxygen atoms in total. The van der Waals surface area contributed by atoms with Gasteiger partial charge in [0, 0.05) is 28.6 Å². The Morgan fingerprint density at radius 2 is 1.83 bits per heavy atom.